The van der Waals surface area contributed by atoms with E-state index in [2.05, 4.69) is 18.4 Å². The number of pyridine rings is 1. The Morgan fingerprint density at radius 2 is 2.09 bits per heavy atom. The van der Waals surface area contributed by atoms with Gasteiger partial charge in [-0.25, -0.2) is 0 Å². The molecular weight excluding hydrogens is 138 g/mol. The van der Waals surface area contributed by atoms with Crippen LogP contribution in [0, 0.1) is 6.92 Å². The first-order chi connectivity index (χ1) is 5.11. The summed E-state index contributed by atoms with van der Waals surface area (Å²) in [6, 6.07) is 3.67. The Balaban J connectivity index is 3.20. The molecule has 1 aromatic heterocycles. The molecule has 0 aromatic carbocycles. The second-order valence-corrected chi connectivity index (χ2v) is 3.00. The third kappa shape index (κ3) is 1.70. The average Bonchev–Trinajstić information content (AvgIpc) is 1.85. The molecule has 1 aromatic rings. The molecule has 1 heterocycles. The topological polar surface area (TPSA) is 22.0 Å². The Kier molecular flexibility index (Phi) is 2.13. The van der Waals surface area contributed by atoms with Gasteiger partial charge in [-0.15, -0.1) is 0 Å². The van der Waals surface area contributed by atoms with Crippen LogP contribution in [0.15, 0.2) is 23.1 Å². The molecule has 1 rings (SSSR count). The van der Waals surface area contributed by atoms with Crippen LogP contribution in [0.5, 0.6) is 0 Å². The van der Waals surface area contributed by atoms with Crippen molar-refractivity contribution in [3.63, 3.8) is 0 Å². The molecule has 0 aliphatic carbocycles. The lowest BCUT2D eigenvalue weighted by molar-refractivity contribution is 0.579. The molecule has 0 saturated heterocycles. The van der Waals surface area contributed by atoms with Gasteiger partial charge in [-0.2, -0.15) is 0 Å². The highest BCUT2D eigenvalue weighted by Crippen LogP contribution is 2.05. The summed E-state index contributed by atoms with van der Waals surface area (Å²) >= 11 is 0. The number of rotatable bonds is 1. The van der Waals surface area contributed by atoms with E-state index in [1.54, 1.807) is 12.1 Å². The van der Waals surface area contributed by atoms with Crippen molar-refractivity contribution in [2.24, 2.45) is 0 Å². The molecule has 0 aliphatic heterocycles. The maximum atomic E-state index is 10.9. The Morgan fingerprint density at radius 1 is 1.45 bits per heavy atom. The van der Waals surface area contributed by atoms with Crippen LogP contribution in [0.4, 0.5) is 0 Å². The van der Waals surface area contributed by atoms with Crippen LogP contribution in [-0.2, 0) is 0 Å². The lowest BCUT2D eigenvalue weighted by Gasteiger charge is -2.13. The summed E-state index contributed by atoms with van der Waals surface area (Å²) < 4.78 is 2.07. The summed E-state index contributed by atoms with van der Waals surface area (Å²) in [6.07, 6.45) is 1.84. The highest BCUT2D eigenvalue weighted by atomic mass is 16.1. The summed E-state index contributed by atoms with van der Waals surface area (Å²) in [7, 11) is 0. The molecule has 11 heavy (non-hydrogen) atoms. The zero-order chi connectivity index (χ0) is 8.43. The quantitative estimate of drug-likeness (QED) is 0.599. The fraction of sp³-hybridized carbons (Fsp3) is 0.444. The lowest BCUT2D eigenvalue weighted by Crippen LogP contribution is -2.10. The molecule has 0 radical (unpaired) electrons. The van der Waals surface area contributed by atoms with Crippen molar-refractivity contribution in [3.05, 3.63) is 34.2 Å². The van der Waals surface area contributed by atoms with Crippen LogP contribution in [0.2, 0.25) is 0 Å². The summed E-state index contributed by atoms with van der Waals surface area (Å²) in [5.41, 5.74) is 1.10. The van der Waals surface area contributed by atoms with Gasteiger partial charge in [0.2, 0.25) is 0 Å². The Labute approximate surface area is 66.5 Å². The van der Waals surface area contributed by atoms with Gasteiger partial charge in [-0.1, -0.05) is 0 Å². The SMILES string of the molecule is Cc1cc(=O)ccn1C(C)C. The second kappa shape index (κ2) is 2.91. The van der Waals surface area contributed by atoms with E-state index in [4.69, 9.17) is 0 Å². The highest BCUT2D eigenvalue weighted by molar-refractivity contribution is 5.05. The monoisotopic (exact) mass is 151 g/mol. The van der Waals surface area contributed by atoms with Gasteiger partial charge in [0, 0.05) is 30.1 Å². The van der Waals surface area contributed by atoms with Crippen molar-refractivity contribution in [1.82, 2.24) is 4.57 Å². The molecule has 0 fully saturated rings. The first kappa shape index (κ1) is 8.05. The maximum absolute atomic E-state index is 10.9. The number of aromatic nitrogens is 1. The van der Waals surface area contributed by atoms with Crippen molar-refractivity contribution >= 4 is 0 Å². The summed E-state index contributed by atoms with van der Waals surface area (Å²) in [4.78, 5) is 10.9. The number of hydrogen-bond donors (Lipinski definition) is 0. The summed E-state index contributed by atoms with van der Waals surface area (Å²) in [6.45, 7) is 6.14. The van der Waals surface area contributed by atoms with Crippen LogP contribution in [0.25, 0.3) is 0 Å². The van der Waals surface area contributed by atoms with Crippen molar-refractivity contribution in [2.45, 2.75) is 26.8 Å². The van der Waals surface area contributed by atoms with Crippen molar-refractivity contribution in [3.8, 4) is 0 Å². The molecule has 0 amide bonds. The van der Waals surface area contributed by atoms with Crippen molar-refractivity contribution in [2.75, 3.05) is 0 Å². The van der Waals surface area contributed by atoms with Gasteiger partial charge in [0.05, 0.1) is 0 Å². The maximum Gasteiger partial charge on any atom is 0.181 e. The molecule has 2 heteroatoms. The predicted octanol–water partition coefficient (Wildman–Crippen LogP) is 1.74. The molecule has 0 N–H and O–H groups in total. The molecule has 2 nitrogen and oxygen atoms in total. The van der Waals surface area contributed by atoms with Crippen LogP contribution in [0.1, 0.15) is 25.6 Å². The van der Waals surface area contributed by atoms with Gasteiger partial charge in [-0.05, 0) is 20.8 Å². The van der Waals surface area contributed by atoms with Crippen LogP contribution in [-0.4, -0.2) is 4.57 Å². The fourth-order valence-corrected chi connectivity index (χ4v) is 1.18. The van der Waals surface area contributed by atoms with Crippen LogP contribution >= 0.6 is 0 Å². The molecular formula is C9H13NO. The minimum atomic E-state index is 0.0828. The van der Waals surface area contributed by atoms with E-state index in [1.807, 2.05) is 13.1 Å². The summed E-state index contributed by atoms with van der Waals surface area (Å²) in [5.74, 6) is 0. The molecule has 0 aliphatic rings. The van der Waals surface area contributed by atoms with Gasteiger partial charge in [0.15, 0.2) is 5.43 Å². The van der Waals surface area contributed by atoms with E-state index in [9.17, 15) is 4.79 Å². The van der Waals surface area contributed by atoms with Crippen molar-refractivity contribution in [1.29, 1.82) is 0 Å². The fourth-order valence-electron chi connectivity index (χ4n) is 1.18. The predicted molar refractivity (Wildman–Crippen MR) is 45.8 cm³/mol. The standard InChI is InChI=1S/C9H13NO/c1-7(2)10-5-4-9(11)6-8(10)3/h4-7H,1-3H3. The Hall–Kier alpha value is -1.05. The number of aryl methyl sites for hydroxylation is 1. The molecule has 0 atom stereocenters. The highest BCUT2D eigenvalue weighted by Gasteiger charge is 1.97. The van der Waals surface area contributed by atoms with E-state index >= 15 is 0 Å². The first-order valence-electron chi connectivity index (χ1n) is 3.80. The largest absolute Gasteiger partial charge is 0.349 e. The molecule has 0 bridgehead atoms. The molecule has 0 unspecified atom stereocenters. The minimum Gasteiger partial charge on any atom is -0.349 e. The zero-order valence-corrected chi connectivity index (χ0v) is 7.16. The first-order valence-corrected chi connectivity index (χ1v) is 3.80. The van der Waals surface area contributed by atoms with Crippen LogP contribution < -0.4 is 5.43 Å². The van der Waals surface area contributed by atoms with E-state index in [1.165, 1.54) is 0 Å². The molecule has 0 saturated carbocycles. The average molecular weight is 151 g/mol. The minimum absolute atomic E-state index is 0.0828. The number of nitrogens with zero attached hydrogens (tertiary/aromatic N) is 1. The molecule has 0 spiro atoms. The third-order valence-electron chi connectivity index (χ3n) is 1.71. The van der Waals surface area contributed by atoms with E-state index < -0.39 is 0 Å². The third-order valence-corrected chi connectivity index (χ3v) is 1.71. The normalized spacial score (nSPS) is 10.5. The Morgan fingerprint density at radius 3 is 2.55 bits per heavy atom. The van der Waals surface area contributed by atoms with Crippen LogP contribution in [0.3, 0.4) is 0 Å². The van der Waals surface area contributed by atoms with Crippen molar-refractivity contribution < 1.29 is 0 Å². The lowest BCUT2D eigenvalue weighted by atomic mass is 10.3. The van der Waals surface area contributed by atoms with Gasteiger partial charge < -0.3 is 4.57 Å². The van der Waals surface area contributed by atoms with Gasteiger partial charge in [0.25, 0.3) is 0 Å². The zero-order valence-electron chi connectivity index (χ0n) is 7.16. The summed E-state index contributed by atoms with van der Waals surface area (Å²) in [5, 5.41) is 0. The van der Waals surface area contributed by atoms with Gasteiger partial charge in [0.1, 0.15) is 0 Å². The van der Waals surface area contributed by atoms with E-state index in [0.717, 1.165) is 5.69 Å². The number of hydrogen-bond acceptors (Lipinski definition) is 1. The second-order valence-electron chi connectivity index (χ2n) is 3.00. The van der Waals surface area contributed by atoms with E-state index in [-0.39, 0.29) is 5.43 Å². The van der Waals surface area contributed by atoms with E-state index in [0.29, 0.717) is 6.04 Å². The molecule has 60 valence electrons. The Bertz CT molecular complexity index is 299. The smallest absolute Gasteiger partial charge is 0.181 e. The van der Waals surface area contributed by atoms with Gasteiger partial charge >= 0.3 is 0 Å². The van der Waals surface area contributed by atoms with Gasteiger partial charge in [-0.3, -0.25) is 4.79 Å².